The number of carbonyl (C=O) groups excluding carboxylic acids is 1. The third-order valence-electron chi connectivity index (χ3n) is 4.54. The maximum Gasteiger partial charge on any atom is 0.412 e. The number of carbonyl (C=O) groups is 1. The average molecular weight is 304 g/mol. The van der Waals surface area contributed by atoms with Crippen LogP contribution in [0.3, 0.4) is 0 Å². The van der Waals surface area contributed by atoms with Crippen LogP contribution in [0, 0.1) is 13.8 Å². The lowest BCUT2D eigenvalue weighted by atomic mass is 9.87. The van der Waals surface area contributed by atoms with E-state index in [0.29, 0.717) is 0 Å². The molecule has 2 rings (SSSR count). The SMILES string of the molecule is Cc1cc(C2(C(C)N)CC2)cc(NC(=O)OC(C)(C)C)c1C. The van der Waals surface area contributed by atoms with E-state index in [1.807, 2.05) is 27.7 Å². The summed E-state index contributed by atoms with van der Waals surface area (Å²) in [6.45, 7) is 11.7. The standard InChI is InChI=1S/C18H28N2O2/c1-11-9-14(18(7-8-18)13(3)19)10-15(12(11)2)20-16(21)22-17(4,5)6/h9-10,13H,7-8,19H2,1-6H3,(H,20,21). The first-order chi connectivity index (χ1) is 10.0. The molecule has 1 aliphatic rings. The number of nitrogens with one attached hydrogen (secondary N) is 1. The molecule has 1 fully saturated rings. The number of rotatable bonds is 3. The highest BCUT2D eigenvalue weighted by molar-refractivity contribution is 5.86. The number of benzene rings is 1. The lowest BCUT2D eigenvalue weighted by Gasteiger charge is -2.24. The second kappa shape index (κ2) is 5.58. The van der Waals surface area contributed by atoms with Crippen molar-refractivity contribution in [3.05, 3.63) is 28.8 Å². The lowest BCUT2D eigenvalue weighted by Crippen LogP contribution is -2.32. The summed E-state index contributed by atoms with van der Waals surface area (Å²) in [7, 11) is 0. The maximum absolute atomic E-state index is 12.0. The van der Waals surface area contributed by atoms with Gasteiger partial charge in [0, 0.05) is 17.1 Å². The van der Waals surface area contributed by atoms with E-state index in [0.717, 1.165) is 29.7 Å². The van der Waals surface area contributed by atoms with Crippen molar-refractivity contribution < 1.29 is 9.53 Å². The predicted octanol–water partition coefficient (Wildman–Crippen LogP) is 4.03. The Labute approximate surface area is 133 Å². The zero-order valence-corrected chi connectivity index (χ0v) is 14.5. The molecule has 1 aliphatic carbocycles. The Bertz CT molecular complexity index is 581. The van der Waals surface area contributed by atoms with Crippen LogP contribution in [0.5, 0.6) is 0 Å². The quantitative estimate of drug-likeness (QED) is 0.886. The molecule has 1 saturated carbocycles. The summed E-state index contributed by atoms with van der Waals surface area (Å²) in [4.78, 5) is 12.0. The monoisotopic (exact) mass is 304 g/mol. The highest BCUT2D eigenvalue weighted by Crippen LogP contribution is 2.51. The Morgan fingerprint density at radius 3 is 2.36 bits per heavy atom. The van der Waals surface area contributed by atoms with Gasteiger partial charge in [0.1, 0.15) is 5.60 Å². The number of amides is 1. The number of aryl methyl sites for hydroxylation is 1. The Morgan fingerprint density at radius 2 is 1.91 bits per heavy atom. The molecule has 1 atom stereocenters. The van der Waals surface area contributed by atoms with Gasteiger partial charge in [0.15, 0.2) is 0 Å². The largest absolute Gasteiger partial charge is 0.444 e. The van der Waals surface area contributed by atoms with E-state index in [9.17, 15) is 4.79 Å². The molecule has 4 nitrogen and oxygen atoms in total. The highest BCUT2D eigenvalue weighted by atomic mass is 16.6. The predicted molar refractivity (Wildman–Crippen MR) is 90.3 cm³/mol. The Kier molecular flexibility index (Phi) is 4.26. The summed E-state index contributed by atoms with van der Waals surface area (Å²) in [5, 5.41) is 2.88. The highest BCUT2D eigenvalue weighted by Gasteiger charge is 2.47. The molecule has 0 saturated heterocycles. The van der Waals surface area contributed by atoms with Crippen molar-refractivity contribution in [1.29, 1.82) is 0 Å². The smallest absolute Gasteiger partial charge is 0.412 e. The summed E-state index contributed by atoms with van der Waals surface area (Å²) in [6, 6.07) is 4.37. The normalized spacial score (nSPS) is 17.8. The summed E-state index contributed by atoms with van der Waals surface area (Å²) in [6.07, 6.45) is 1.80. The summed E-state index contributed by atoms with van der Waals surface area (Å²) >= 11 is 0. The van der Waals surface area contributed by atoms with Gasteiger partial charge in [-0.1, -0.05) is 6.07 Å². The fourth-order valence-electron chi connectivity index (χ4n) is 2.83. The van der Waals surface area contributed by atoms with Gasteiger partial charge in [0.2, 0.25) is 0 Å². The van der Waals surface area contributed by atoms with Crippen LogP contribution in [0.25, 0.3) is 0 Å². The van der Waals surface area contributed by atoms with Crippen LogP contribution in [0.1, 0.15) is 57.2 Å². The number of hydrogen-bond acceptors (Lipinski definition) is 3. The minimum absolute atomic E-state index is 0.0722. The van der Waals surface area contributed by atoms with Gasteiger partial charge < -0.3 is 10.5 Å². The number of anilines is 1. The molecule has 0 aromatic heterocycles. The molecule has 0 radical (unpaired) electrons. The minimum atomic E-state index is -0.506. The summed E-state index contributed by atoms with van der Waals surface area (Å²) < 4.78 is 5.35. The van der Waals surface area contributed by atoms with Gasteiger partial charge >= 0.3 is 6.09 Å². The molecule has 3 N–H and O–H groups in total. The molecular formula is C18H28N2O2. The lowest BCUT2D eigenvalue weighted by molar-refractivity contribution is 0.0636. The van der Waals surface area contributed by atoms with Crippen LogP contribution in [-0.2, 0) is 10.2 Å². The van der Waals surface area contributed by atoms with Crippen LogP contribution >= 0.6 is 0 Å². The van der Waals surface area contributed by atoms with E-state index in [2.05, 4.69) is 31.3 Å². The molecule has 4 heteroatoms. The Morgan fingerprint density at radius 1 is 1.32 bits per heavy atom. The zero-order chi connectivity index (χ0) is 16.7. The van der Waals surface area contributed by atoms with E-state index < -0.39 is 11.7 Å². The van der Waals surface area contributed by atoms with E-state index in [1.165, 1.54) is 5.56 Å². The number of hydrogen-bond donors (Lipinski definition) is 2. The first-order valence-electron chi connectivity index (χ1n) is 7.92. The molecule has 0 heterocycles. The van der Waals surface area contributed by atoms with Gasteiger partial charge in [0.05, 0.1) is 0 Å². The molecule has 1 aromatic carbocycles. The van der Waals surface area contributed by atoms with Crippen molar-refractivity contribution >= 4 is 11.8 Å². The Balaban J connectivity index is 2.29. The van der Waals surface area contributed by atoms with E-state index in [-0.39, 0.29) is 11.5 Å². The van der Waals surface area contributed by atoms with Crippen molar-refractivity contribution in [2.24, 2.45) is 5.73 Å². The summed E-state index contributed by atoms with van der Waals surface area (Å²) in [5.74, 6) is 0. The average Bonchev–Trinajstić information content (AvgIpc) is 3.13. The van der Waals surface area contributed by atoms with Crippen molar-refractivity contribution in [3.8, 4) is 0 Å². The third-order valence-corrected chi connectivity index (χ3v) is 4.54. The van der Waals surface area contributed by atoms with Crippen LogP contribution in [0.4, 0.5) is 10.5 Å². The molecule has 122 valence electrons. The number of nitrogens with two attached hydrogens (primary N) is 1. The van der Waals surface area contributed by atoms with Crippen LogP contribution in [0.15, 0.2) is 12.1 Å². The molecule has 0 spiro atoms. The van der Waals surface area contributed by atoms with Crippen molar-refractivity contribution in [2.75, 3.05) is 5.32 Å². The van der Waals surface area contributed by atoms with Crippen LogP contribution in [0.2, 0.25) is 0 Å². The van der Waals surface area contributed by atoms with E-state index in [1.54, 1.807) is 0 Å². The van der Waals surface area contributed by atoms with Crippen LogP contribution in [-0.4, -0.2) is 17.7 Å². The maximum atomic E-state index is 12.0. The van der Waals surface area contributed by atoms with Crippen LogP contribution < -0.4 is 11.1 Å². The van der Waals surface area contributed by atoms with Crippen molar-refractivity contribution in [3.63, 3.8) is 0 Å². The van der Waals surface area contributed by atoms with Crippen molar-refractivity contribution in [2.45, 2.75) is 71.4 Å². The fraction of sp³-hybridized carbons (Fsp3) is 0.611. The molecule has 1 amide bonds. The van der Waals surface area contributed by atoms with E-state index in [4.69, 9.17) is 10.5 Å². The van der Waals surface area contributed by atoms with Gasteiger partial charge in [-0.3, -0.25) is 5.32 Å². The first kappa shape index (κ1) is 16.8. The van der Waals surface area contributed by atoms with Gasteiger partial charge in [-0.25, -0.2) is 4.79 Å². The van der Waals surface area contributed by atoms with Gasteiger partial charge in [-0.05, 0) is 77.1 Å². The third kappa shape index (κ3) is 3.43. The number of ether oxygens (including phenoxy) is 1. The minimum Gasteiger partial charge on any atom is -0.444 e. The first-order valence-corrected chi connectivity index (χ1v) is 7.92. The molecule has 0 aliphatic heterocycles. The zero-order valence-electron chi connectivity index (χ0n) is 14.5. The van der Waals surface area contributed by atoms with Crippen molar-refractivity contribution in [1.82, 2.24) is 0 Å². The molecule has 1 unspecified atom stereocenters. The molecular weight excluding hydrogens is 276 g/mol. The van der Waals surface area contributed by atoms with Gasteiger partial charge in [-0.15, -0.1) is 0 Å². The summed E-state index contributed by atoms with van der Waals surface area (Å²) in [5.41, 5.74) is 10.0. The topological polar surface area (TPSA) is 64.3 Å². The Hall–Kier alpha value is -1.55. The molecule has 1 aromatic rings. The molecule has 22 heavy (non-hydrogen) atoms. The fourth-order valence-corrected chi connectivity index (χ4v) is 2.83. The molecule has 0 bridgehead atoms. The second-order valence-corrected chi connectivity index (χ2v) is 7.54. The van der Waals surface area contributed by atoms with E-state index >= 15 is 0 Å². The van der Waals surface area contributed by atoms with Gasteiger partial charge in [-0.2, -0.15) is 0 Å². The van der Waals surface area contributed by atoms with Gasteiger partial charge in [0.25, 0.3) is 0 Å². The second-order valence-electron chi connectivity index (χ2n) is 7.54.